The summed E-state index contributed by atoms with van der Waals surface area (Å²) in [6, 6.07) is 0.576. The molecular weight excluding hydrogens is 319 g/mol. The normalized spacial score (nSPS) is 28.5. The number of rotatable bonds is 7. The van der Waals surface area contributed by atoms with Crippen molar-refractivity contribution in [2.24, 2.45) is 7.05 Å². The number of fused-ring (bicyclic) bond motifs is 3. The Hall–Kier alpha value is -1.39. The van der Waals surface area contributed by atoms with Crippen LogP contribution in [0.15, 0.2) is 24.8 Å². The largest absolute Gasteiger partial charge is 0.473 e. The van der Waals surface area contributed by atoms with E-state index in [9.17, 15) is 0 Å². The highest BCUT2D eigenvalue weighted by Crippen LogP contribution is 2.58. The molecule has 144 valence electrons. The maximum atomic E-state index is 2.66. The third kappa shape index (κ3) is 2.53. The van der Waals surface area contributed by atoms with Crippen LogP contribution in [0.1, 0.15) is 80.1 Å². The zero-order valence-electron chi connectivity index (χ0n) is 18.0. The first-order chi connectivity index (χ1) is 12.4. The van der Waals surface area contributed by atoms with Crippen LogP contribution in [0.2, 0.25) is 5.31 Å². The van der Waals surface area contributed by atoms with Gasteiger partial charge in [-0.1, -0.05) is 47.0 Å². The Labute approximate surface area is 161 Å². The Morgan fingerprint density at radius 1 is 1.12 bits per heavy atom. The molecule has 2 aliphatic rings. The van der Waals surface area contributed by atoms with E-state index in [4.69, 9.17) is 0 Å². The zero-order chi connectivity index (χ0) is 19.1. The van der Waals surface area contributed by atoms with E-state index >= 15 is 0 Å². The van der Waals surface area contributed by atoms with Gasteiger partial charge in [-0.3, -0.25) is 4.81 Å². The third-order valence-corrected chi connectivity index (χ3v) is 7.64. The highest BCUT2D eigenvalue weighted by molar-refractivity contribution is 6.66. The van der Waals surface area contributed by atoms with E-state index in [0.29, 0.717) is 13.0 Å². The lowest BCUT2D eigenvalue weighted by Gasteiger charge is -2.52. The lowest BCUT2D eigenvalue weighted by molar-refractivity contribution is -0.657. The molecule has 0 fully saturated rings. The molecule has 0 aliphatic carbocycles. The van der Waals surface area contributed by atoms with Gasteiger partial charge in [-0.25, -0.2) is 9.13 Å². The van der Waals surface area contributed by atoms with E-state index in [1.165, 1.54) is 38.1 Å². The summed E-state index contributed by atoms with van der Waals surface area (Å²) in [6.45, 7) is 14.8. The van der Waals surface area contributed by atoms with E-state index in [1.54, 1.807) is 0 Å². The maximum Gasteiger partial charge on any atom is 0.473 e. The second-order valence-corrected chi connectivity index (χ2v) is 8.85. The summed E-state index contributed by atoms with van der Waals surface area (Å²) in [6.07, 6.45) is 16.7. The fourth-order valence-corrected chi connectivity index (χ4v) is 5.35. The average Bonchev–Trinajstić information content (AvgIpc) is 3.24. The molecule has 3 atom stereocenters. The van der Waals surface area contributed by atoms with Gasteiger partial charge in [-0.2, -0.15) is 0 Å². The van der Waals surface area contributed by atoms with Crippen molar-refractivity contribution in [1.82, 2.24) is 9.38 Å². The predicted molar refractivity (Wildman–Crippen MR) is 111 cm³/mol. The van der Waals surface area contributed by atoms with Crippen molar-refractivity contribution in [3.05, 3.63) is 24.8 Å². The van der Waals surface area contributed by atoms with Crippen molar-refractivity contribution in [1.29, 1.82) is 0 Å². The molecule has 0 saturated carbocycles. The topological polar surface area (TPSA) is 15.3 Å². The quantitative estimate of drug-likeness (QED) is 0.400. The van der Waals surface area contributed by atoms with Crippen molar-refractivity contribution in [3.8, 4) is 0 Å². The zero-order valence-corrected chi connectivity index (χ0v) is 18.0. The van der Waals surface area contributed by atoms with Gasteiger partial charge in [0.2, 0.25) is 0 Å². The molecule has 0 bridgehead atoms. The summed E-state index contributed by atoms with van der Waals surface area (Å²) in [7, 11) is 2.18. The summed E-state index contributed by atoms with van der Waals surface area (Å²) < 4.78 is 4.81. The molecule has 0 aromatic carbocycles. The number of aromatic nitrogens is 2. The monoisotopic (exact) mass is 357 g/mol. The highest BCUT2D eigenvalue weighted by atomic mass is 15.4. The average molecular weight is 357 g/mol. The van der Waals surface area contributed by atoms with E-state index in [1.807, 2.05) is 0 Å². The van der Waals surface area contributed by atoms with Gasteiger partial charge in [-0.05, 0) is 33.1 Å². The molecule has 1 aromatic heterocycles. The van der Waals surface area contributed by atoms with E-state index in [2.05, 4.69) is 92.1 Å². The molecule has 3 heterocycles. The fourth-order valence-electron chi connectivity index (χ4n) is 5.35. The van der Waals surface area contributed by atoms with E-state index in [0.717, 1.165) is 6.42 Å². The first kappa shape index (κ1) is 19.4. The van der Waals surface area contributed by atoms with Gasteiger partial charge in [0.1, 0.15) is 0 Å². The SMILES string of the molecule is CCCCCC(C)N1C=CN2B1C(C)(CC)C(C)(CC)n1cc[n+](C)c12. The molecule has 0 saturated heterocycles. The van der Waals surface area contributed by atoms with Gasteiger partial charge < -0.3 is 4.81 Å². The fraction of sp³-hybridized carbons (Fsp3) is 0.762. The summed E-state index contributed by atoms with van der Waals surface area (Å²) >= 11 is 0. The van der Waals surface area contributed by atoms with Crippen LogP contribution in [0.4, 0.5) is 5.95 Å². The maximum absolute atomic E-state index is 2.66. The molecule has 4 nitrogen and oxygen atoms in total. The van der Waals surface area contributed by atoms with Crippen LogP contribution in [0, 0.1) is 0 Å². The van der Waals surface area contributed by atoms with Gasteiger partial charge in [0, 0.05) is 17.6 Å². The number of hydrogen-bond acceptors (Lipinski definition) is 2. The van der Waals surface area contributed by atoms with Crippen molar-refractivity contribution in [2.45, 2.75) is 97.0 Å². The Balaban J connectivity index is 2.04. The van der Waals surface area contributed by atoms with Gasteiger partial charge in [0.25, 0.3) is 0 Å². The number of nitrogens with zero attached hydrogens (tertiary/aromatic N) is 4. The smallest absolute Gasteiger partial charge is 0.382 e. The first-order valence-electron chi connectivity index (χ1n) is 10.7. The highest BCUT2D eigenvalue weighted by Gasteiger charge is 2.67. The Morgan fingerprint density at radius 2 is 1.85 bits per heavy atom. The molecule has 0 amide bonds. The number of unbranched alkanes of at least 4 members (excludes halogenated alkanes) is 2. The second-order valence-electron chi connectivity index (χ2n) is 8.85. The molecular formula is C21H38BN4+. The molecule has 1 aromatic rings. The van der Waals surface area contributed by atoms with Crippen LogP contribution >= 0.6 is 0 Å². The van der Waals surface area contributed by atoms with Crippen molar-refractivity contribution >= 4 is 12.9 Å². The predicted octanol–water partition coefficient (Wildman–Crippen LogP) is 4.67. The molecule has 2 aliphatic heterocycles. The van der Waals surface area contributed by atoms with Crippen LogP contribution in [-0.2, 0) is 12.6 Å². The minimum Gasteiger partial charge on any atom is -0.382 e. The molecule has 5 heteroatoms. The van der Waals surface area contributed by atoms with E-state index in [-0.39, 0.29) is 10.9 Å². The number of imidazole rings is 1. The molecule has 26 heavy (non-hydrogen) atoms. The Morgan fingerprint density at radius 3 is 2.46 bits per heavy atom. The minimum atomic E-state index is 0.104. The Bertz CT molecular complexity index is 669. The van der Waals surface area contributed by atoms with Crippen LogP contribution in [-0.4, -0.2) is 22.4 Å². The van der Waals surface area contributed by atoms with Gasteiger partial charge in [0.05, 0.1) is 31.2 Å². The second kappa shape index (κ2) is 6.97. The number of hydrogen-bond donors (Lipinski definition) is 0. The van der Waals surface area contributed by atoms with Crippen molar-refractivity contribution < 1.29 is 4.57 Å². The number of anilines is 1. The summed E-state index contributed by atoms with van der Waals surface area (Å²) in [5.41, 5.74) is 0.104. The van der Waals surface area contributed by atoms with Crippen LogP contribution in [0.5, 0.6) is 0 Å². The molecule has 3 rings (SSSR count). The molecule has 0 N–H and O–H groups in total. The summed E-state index contributed by atoms with van der Waals surface area (Å²) in [5, 5.41) is 0.170. The lowest BCUT2D eigenvalue weighted by Crippen LogP contribution is -2.66. The first-order valence-corrected chi connectivity index (χ1v) is 10.7. The molecule has 0 spiro atoms. The summed E-state index contributed by atoms with van der Waals surface area (Å²) in [4.78, 5) is 5.18. The van der Waals surface area contributed by atoms with Gasteiger partial charge in [-0.15, -0.1) is 0 Å². The third-order valence-electron chi connectivity index (χ3n) is 7.64. The van der Waals surface area contributed by atoms with Gasteiger partial charge >= 0.3 is 12.9 Å². The van der Waals surface area contributed by atoms with Crippen LogP contribution in [0.25, 0.3) is 0 Å². The molecule has 3 unspecified atom stereocenters. The summed E-state index contributed by atoms with van der Waals surface area (Å²) in [5.74, 6) is 1.31. The van der Waals surface area contributed by atoms with Gasteiger partial charge in [0.15, 0.2) is 0 Å². The number of aryl methyl sites for hydroxylation is 1. The van der Waals surface area contributed by atoms with Crippen LogP contribution in [0.3, 0.4) is 0 Å². The van der Waals surface area contributed by atoms with Crippen molar-refractivity contribution in [3.63, 3.8) is 0 Å². The lowest BCUT2D eigenvalue weighted by atomic mass is 9.39. The minimum absolute atomic E-state index is 0.104. The van der Waals surface area contributed by atoms with Crippen molar-refractivity contribution in [2.75, 3.05) is 4.81 Å². The standard InChI is InChI=1S/C21H38BN4/c1-8-11-12-13-18(4)25-16-17-26-19-23(7)14-15-24(19)21(6,10-3)20(5,9-2)22(25)26/h14-18H,8-13H2,1-7H3/q+1. The van der Waals surface area contributed by atoms with E-state index < -0.39 is 0 Å². The Kier molecular flexibility index (Phi) is 5.20. The van der Waals surface area contributed by atoms with Crippen LogP contribution < -0.4 is 9.38 Å². The molecule has 0 radical (unpaired) electrons.